The molecule has 0 aromatic heterocycles. The number of carbonyl (C=O) groups is 1. The van der Waals surface area contributed by atoms with Crippen molar-refractivity contribution in [2.45, 2.75) is 276 Å². The van der Waals surface area contributed by atoms with Crippen LogP contribution in [0.4, 0.5) is 0 Å². The van der Waals surface area contributed by atoms with Crippen LogP contribution in [-0.2, 0) is 4.79 Å². The van der Waals surface area contributed by atoms with E-state index in [1.165, 1.54) is 186 Å². The molecule has 0 bridgehead atoms. The summed E-state index contributed by atoms with van der Waals surface area (Å²) in [6, 6.07) is -0.831. The molecule has 0 radical (unpaired) electrons. The van der Waals surface area contributed by atoms with Gasteiger partial charge in [-0.3, -0.25) is 4.79 Å². The first-order valence-corrected chi connectivity index (χ1v) is 24.8. The molecular formula is C51H97NO4. The maximum Gasteiger partial charge on any atom is 0.220 e. The van der Waals surface area contributed by atoms with Crippen LogP contribution in [0.2, 0.25) is 0 Å². The topological polar surface area (TPSA) is 89.8 Å². The van der Waals surface area contributed by atoms with Crippen LogP contribution >= 0.6 is 0 Å². The molecule has 3 atom stereocenters. The Morgan fingerprint density at radius 1 is 0.429 bits per heavy atom. The molecule has 0 heterocycles. The fourth-order valence-corrected chi connectivity index (χ4v) is 7.59. The number of rotatable bonds is 45. The van der Waals surface area contributed by atoms with Crippen molar-refractivity contribution in [3.63, 3.8) is 0 Å². The average Bonchev–Trinajstić information content (AvgIpc) is 3.20. The number of hydrogen-bond acceptors (Lipinski definition) is 4. The minimum atomic E-state index is -1.17. The molecule has 0 aliphatic carbocycles. The Bertz CT molecular complexity index is 870. The van der Waals surface area contributed by atoms with Gasteiger partial charge in [-0.05, 0) is 77.0 Å². The predicted molar refractivity (Wildman–Crippen MR) is 245 cm³/mol. The fraction of sp³-hybridized carbons (Fsp3) is 0.863. The highest BCUT2D eigenvalue weighted by Crippen LogP contribution is 2.16. The van der Waals surface area contributed by atoms with Crippen LogP contribution in [0.25, 0.3) is 0 Å². The molecule has 0 aromatic rings. The standard InChI is InChI=1S/C51H97NO4/c1-3-5-7-9-11-13-15-17-18-19-20-21-22-23-24-25-26-27-28-29-30-31-32-34-36-38-40-42-44-46-50(55)52-48(47-53)51(56)49(54)45-43-41-39-37-35-33-16-14-12-10-8-6-4-2/h14,16,23-24,37,39,48-49,51,53-54,56H,3-13,15,17-22,25-36,38,40-47H2,1-2H3,(H,52,55)/b16-14+,24-23-,39-37+. The summed E-state index contributed by atoms with van der Waals surface area (Å²) in [7, 11) is 0. The Morgan fingerprint density at radius 2 is 0.732 bits per heavy atom. The van der Waals surface area contributed by atoms with E-state index in [1.54, 1.807) is 0 Å². The van der Waals surface area contributed by atoms with E-state index in [4.69, 9.17) is 0 Å². The minimum Gasteiger partial charge on any atom is -0.394 e. The third-order valence-electron chi connectivity index (χ3n) is 11.4. The van der Waals surface area contributed by atoms with Gasteiger partial charge in [0.15, 0.2) is 0 Å². The highest BCUT2D eigenvalue weighted by atomic mass is 16.3. The van der Waals surface area contributed by atoms with Crippen molar-refractivity contribution in [2.75, 3.05) is 6.61 Å². The van der Waals surface area contributed by atoms with Gasteiger partial charge in [-0.1, -0.05) is 211 Å². The number of hydrogen-bond donors (Lipinski definition) is 4. The Kier molecular flexibility index (Phi) is 45.1. The van der Waals surface area contributed by atoms with Crippen LogP contribution in [-0.4, -0.2) is 46.1 Å². The lowest BCUT2D eigenvalue weighted by Crippen LogP contribution is -2.50. The lowest BCUT2D eigenvalue weighted by Gasteiger charge is -2.26. The van der Waals surface area contributed by atoms with Gasteiger partial charge in [0.05, 0.1) is 18.8 Å². The zero-order valence-electron chi connectivity index (χ0n) is 37.5. The van der Waals surface area contributed by atoms with E-state index in [1.807, 2.05) is 0 Å². The van der Waals surface area contributed by atoms with Gasteiger partial charge in [0, 0.05) is 6.42 Å². The molecule has 0 fully saturated rings. The zero-order valence-corrected chi connectivity index (χ0v) is 37.5. The molecule has 0 aromatic carbocycles. The second-order valence-corrected chi connectivity index (χ2v) is 17.0. The van der Waals surface area contributed by atoms with E-state index in [0.717, 1.165) is 44.9 Å². The van der Waals surface area contributed by atoms with Crippen molar-refractivity contribution in [3.8, 4) is 0 Å². The number of aliphatic hydroxyl groups is 3. The molecule has 1 amide bonds. The summed E-state index contributed by atoms with van der Waals surface area (Å²) < 4.78 is 0. The van der Waals surface area contributed by atoms with Gasteiger partial charge in [-0.25, -0.2) is 0 Å². The van der Waals surface area contributed by atoms with Gasteiger partial charge in [0.2, 0.25) is 5.91 Å². The van der Waals surface area contributed by atoms with E-state index in [2.05, 4.69) is 55.6 Å². The lowest BCUT2D eigenvalue weighted by molar-refractivity contribution is -0.124. The Morgan fingerprint density at radius 3 is 1.11 bits per heavy atom. The number of nitrogens with one attached hydrogen (secondary N) is 1. The van der Waals surface area contributed by atoms with E-state index in [9.17, 15) is 20.1 Å². The number of amides is 1. The molecule has 5 nitrogen and oxygen atoms in total. The van der Waals surface area contributed by atoms with Gasteiger partial charge >= 0.3 is 0 Å². The first-order valence-electron chi connectivity index (χ1n) is 24.8. The first kappa shape index (κ1) is 54.6. The third kappa shape index (κ3) is 40.8. The summed E-state index contributed by atoms with van der Waals surface area (Å²) in [6.07, 6.45) is 58.6. The zero-order chi connectivity index (χ0) is 40.8. The molecule has 0 saturated carbocycles. The molecule has 0 saturated heterocycles. The minimum absolute atomic E-state index is 0.158. The number of unbranched alkanes of at least 4 members (excludes halogenated alkanes) is 31. The van der Waals surface area contributed by atoms with Crippen LogP contribution < -0.4 is 5.32 Å². The second-order valence-electron chi connectivity index (χ2n) is 17.0. The first-order chi connectivity index (χ1) is 27.6. The summed E-state index contributed by atoms with van der Waals surface area (Å²) >= 11 is 0. The molecule has 0 aliphatic rings. The third-order valence-corrected chi connectivity index (χ3v) is 11.4. The Balaban J connectivity index is 3.55. The Hall–Kier alpha value is -1.43. The van der Waals surface area contributed by atoms with Crippen molar-refractivity contribution in [3.05, 3.63) is 36.5 Å². The van der Waals surface area contributed by atoms with Crippen LogP contribution in [0.5, 0.6) is 0 Å². The van der Waals surface area contributed by atoms with E-state index < -0.39 is 18.2 Å². The molecule has 0 rings (SSSR count). The quantitative estimate of drug-likeness (QED) is 0.0365. The number of allylic oxidation sites excluding steroid dienone is 6. The number of carbonyl (C=O) groups excluding carboxylic acids is 1. The lowest BCUT2D eigenvalue weighted by atomic mass is 10.0. The van der Waals surface area contributed by atoms with Crippen molar-refractivity contribution >= 4 is 5.91 Å². The molecule has 0 spiro atoms. The summed E-state index contributed by atoms with van der Waals surface area (Å²) in [5.74, 6) is -0.158. The molecule has 3 unspecified atom stereocenters. The molecule has 330 valence electrons. The highest BCUT2D eigenvalue weighted by Gasteiger charge is 2.26. The van der Waals surface area contributed by atoms with Gasteiger partial charge in [0.25, 0.3) is 0 Å². The average molecular weight is 788 g/mol. The van der Waals surface area contributed by atoms with Crippen molar-refractivity contribution in [2.24, 2.45) is 0 Å². The highest BCUT2D eigenvalue weighted by molar-refractivity contribution is 5.76. The van der Waals surface area contributed by atoms with Crippen LogP contribution in [0.3, 0.4) is 0 Å². The van der Waals surface area contributed by atoms with E-state index in [-0.39, 0.29) is 12.5 Å². The second kappa shape index (κ2) is 46.3. The Labute approximate surface area is 349 Å². The summed E-state index contributed by atoms with van der Waals surface area (Å²) in [6.45, 7) is 4.15. The smallest absolute Gasteiger partial charge is 0.220 e. The molecule has 4 N–H and O–H groups in total. The van der Waals surface area contributed by atoms with Crippen molar-refractivity contribution in [1.82, 2.24) is 5.32 Å². The fourth-order valence-electron chi connectivity index (χ4n) is 7.59. The van der Waals surface area contributed by atoms with Crippen LogP contribution in [0, 0.1) is 0 Å². The maximum absolute atomic E-state index is 12.4. The maximum atomic E-state index is 12.4. The molecule has 56 heavy (non-hydrogen) atoms. The van der Waals surface area contributed by atoms with Gasteiger partial charge in [-0.15, -0.1) is 0 Å². The van der Waals surface area contributed by atoms with Crippen LogP contribution in [0.1, 0.15) is 258 Å². The SMILES string of the molecule is CCCCCC/C=C/CC/C=C/CCCC(O)C(O)C(CO)NC(=O)CCCCCCCCCCCCCCC/C=C\CCCCCCCCCCCCCC. The van der Waals surface area contributed by atoms with Crippen molar-refractivity contribution in [1.29, 1.82) is 0 Å². The molecule has 5 heteroatoms. The van der Waals surface area contributed by atoms with Gasteiger partial charge < -0.3 is 20.6 Å². The van der Waals surface area contributed by atoms with E-state index >= 15 is 0 Å². The predicted octanol–water partition coefficient (Wildman–Crippen LogP) is 14.7. The normalized spacial score (nSPS) is 13.7. The van der Waals surface area contributed by atoms with E-state index in [0.29, 0.717) is 12.8 Å². The summed E-state index contributed by atoms with van der Waals surface area (Å²) in [5, 5.41) is 33.5. The summed E-state index contributed by atoms with van der Waals surface area (Å²) in [5.41, 5.74) is 0. The number of aliphatic hydroxyl groups excluding tert-OH is 3. The van der Waals surface area contributed by atoms with Crippen molar-refractivity contribution < 1.29 is 20.1 Å². The van der Waals surface area contributed by atoms with Gasteiger partial charge in [0.1, 0.15) is 6.10 Å². The van der Waals surface area contributed by atoms with Crippen LogP contribution in [0.15, 0.2) is 36.5 Å². The van der Waals surface area contributed by atoms with Gasteiger partial charge in [-0.2, -0.15) is 0 Å². The largest absolute Gasteiger partial charge is 0.394 e. The monoisotopic (exact) mass is 788 g/mol. The molecular weight excluding hydrogens is 691 g/mol. The molecule has 0 aliphatic heterocycles. The summed E-state index contributed by atoms with van der Waals surface area (Å²) in [4.78, 5) is 12.4.